The van der Waals surface area contributed by atoms with Gasteiger partial charge in [-0.25, -0.2) is 0 Å². The number of H-pyrrole nitrogens is 1. The van der Waals surface area contributed by atoms with Gasteiger partial charge in [0, 0.05) is 10.9 Å². The van der Waals surface area contributed by atoms with Crippen LogP contribution in [0.2, 0.25) is 0 Å². The largest absolute Gasteiger partial charge is 0.382 e. The summed E-state index contributed by atoms with van der Waals surface area (Å²) in [7, 11) is 0. The number of aromatic amines is 1. The minimum atomic E-state index is 0.425. The third-order valence-electron chi connectivity index (χ3n) is 1.75. The highest BCUT2D eigenvalue weighted by atomic mass is 16.1. The molecule has 12 heavy (non-hydrogen) atoms. The number of carbonyl (C=O) groups excluding carboxylic acids is 1. The standard InChI is InChI=1S/C8H7N3O/c9-8-6-3-5(4-12)1-2-7(6)10-11-8/h1-4H,(H3,9,10,11). The molecule has 0 amide bonds. The van der Waals surface area contributed by atoms with Crippen LogP contribution in [-0.4, -0.2) is 16.5 Å². The van der Waals surface area contributed by atoms with Gasteiger partial charge in [0.1, 0.15) is 6.29 Å². The maximum atomic E-state index is 10.4. The van der Waals surface area contributed by atoms with Gasteiger partial charge in [0.15, 0.2) is 5.82 Å². The summed E-state index contributed by atoms with van der Waals surface area (Å²) in [5, 5.41) is 7.35. The average Bonchev–Trinajstić information content (AvgIpc) is 2.47. The number of rotatable bonds is 1. The van der Waals surface area contributed by atoms with E-state index in [1.165, 1.54) is 0 Å². The number of nitrogens with zero attached hydrogens (tertiary/aromatic N) is 1. The van der Waals surface area contributed by atoms with Crippen LogP contribution in [-0.2, 0) is 0 Å². The van der Waals surface area contributed by atoms with Crippen LogP contribution in [0.4, 0.5) is 5.82 Å². The second-order valence-electron chi connectivity index (χ2n) is 2.53. The first-order valence-electron chi connectivity index (χ1n) is 3.50. The van der Waals surface area contributed by atoms with Crippen molar-refractivity contribution in [2.45, 2.75) is 0 Å². The average molecular weight is 161 g/mol. The molecule has 60 valence electrons. The molecule has 0 bridgehead atoms. The number of nitrogen functional groups attached to an aromatic ring is 1. The van der Waals surface area contributed by atoms with Gasteiger partial charge >= 0.3 is 0 Å². The summed E-state index contributed by atoms with van der Waals surface area (Å²) >= 11 is 0. The van der Waals surface area contributed by atoms with Crippen molar-refractivity contribution in [3.8, 4) is 0 Å². The number of nitrogens with one attached hydrogen (secondary N) is 1. The molecule has 0 unspecified atom stereocenters. The third kappa shape index (κ3) is 0.852. The lowest BCUT2D eigenvalue weighted by molar-refractivity contribution is 0.112. The van der Waals surface area contributed by atoms with Gasteiger partial charge in [0.05, 0.1) is 5.52 Å². The van der Waals surface area contributed by atoms with E-state index in [0.717, 1.165) is 17.2 Å². The number of nitrogens with two attached hydrogens (primary N) is 1. The normalized spacial score (nSPS) is 10.3. The van der Waals surface area contributed by atoms with Crippen LogP contribution in [0.5, 0.6) is 0 Å². The fraction of sp³-hybridized carbons (Fsp3) is 0. The second kappa shape index (κ2) is 2.34. The van der Waals surface area contributed by atoms with E-state index in [9.17, 15) is 4.79 Å². The highest BCUT2D eigenvalue weighted by Gasteiger charge is 2.01. The van der Waals surface area contributed by atoms with E-state index in [2.05, 4.69) is 10.2 Å². The predicted octanol–water partition coefficient (Wildman–Crippen LogP) is 0.958. The summed E-state index contributed by atoms with van der Waals surface area (Å²) in [6.45, 7) is 0. The van der Waals surface area contributed by atoms with Crippen molar-refractivity contribution in [1.29, 1.82) is 0 Å². The van der Waals surface area contributed by atoms with Crippen molar-refractivity contribution in [3.63, 3.8) is 0 Å². The van der Waals surface area contributed by atoms with Crippen LogP contribution < -0.4 is 5.73 Å². The Morgan fingerprint density at radius 3 is 3.08 bits per heavy atom. The van der Waals surface area contributed by atoms with Gasteiger partial charge in [0.25, 0.3) is 0 Å². The van der Waals surface area contributed by atoms with Gasteiger partial charge < -0.3 is 5.73 Å². The maximum absolute atomic E-state index is 10.4. The second-order valence-corrected chi connectivity index (χ2v) is 2.53. The third-order valence-corrected chi connectivity index (χ3v) is 1.75. The number of anilines is 1. The molecule has 0 atom stereocenters. The summed E-state index contributed by atoms with van der Waals surface area (Å²) in [6.07, 6.45) is 0.784. The van der Waals surface area contributed by atoms with Gasteiger partial charge in [0.2, 0.25) is 0 Å². The summed E-state index contributed by atoms with van der Waals surface area (Å²) in [6, 6.07) is 5.20. The molecule has 0 saturated carbocycles. The SMILES string of the molecule is Nc1n[nH]c2ccc(C=O)cc12. The lowest BCUT2D eigenvalue weighted by atomic mass is 10.2. The van der Waals surface area contributed by atoms with Gasteiger partial charge in [-0.15, -0.1) is 0 Å². The van der Waals surface area contributed by atoms with E-state index in [4.69, 9.17) is 5.73 Å². The summed E-state index contributed by atoms with van der Waals surface area (Å²) in [4.78, 5) is 10.4. The number of aromatic nitrogens is 2. The van der Waals surface area contributed by atoms with Crippen LogP contribution >= 0.6 is 0 Å². The van der Waals surface area contributed by atoms with Crippen LogP contribution in [0.1, 0.15) is 10.4 Å². The van der Waals surface area contributed by atoms with Crippen molar-refractivity contribution < 1.29 is 4.79 Å². The Hall–Kier alpha value is -1.84. The van der Waals surface area contributed by atoms with Gasteiger partial charge in [-0.05, 0) is 18.2 Å². The summed E-state index contributed by atoms with van der Waals surface area (Å²) in [5.41, 5.74) is 6.99. The first-order chi connectivity index (χ1) is 5.81. The molecule has 2 aromatic rings. The molecule has 0 spiro atoms. The minimum Gasteiger partial charge on any atom is -0.382 e. The van der Waals surface area contributed by atoms with E-state index in [0.29, 0.717) is 11.4 Å². The van der Waals surface area contributed by atoms with Crippen LogP contribution in [0.3, 0.4) is 0 Å². The van der Waals surface area contributed by atoms with Gasteiger partial charge in [-0.2, -0.15) is 5.10 Å². The molecule has 1 aromatic heterocycles. The molecule has 0 aliphatic carbocycles. The van der Waals surface area contributed by atoms with Crippen LogP contribution in [0.15, 0.2) is 18.2 Å². The van der Waals surface area contributed by atoms with E-state index >= 15 is 0 Å². The quantitative estimate of drug-likeness (QED) is 0.612. The van der Waals surface area contributed by atoms with E-state index in [1.807, 2.05) is 0 Å². The number of fused-ring (bicyclic) bond motifs is 1. The molecule has 0 radical (unpaired) electrons. The molecule has 1 aromatic carbocycles. The minimum absolute atomic E-state index is 0.425. The smallest absolute Gasteiger partial charge is 0.153 e. The Bertz CT molecular complexity index is 433. The number of benzene rings is 1. The Kier molecular flexibility index (Phi) is 1.33. The number of aldehydes is 1. The van der Waals surface area contributed by atoms with Crippen LogP contribution in [0.25, 0.3) is 10.9 Å². The number of carbonyl (C=O) groups is 1. The molecule has 4 nitrogen and oxygen atoms in total. The molecular formula is C8H7N3O. The molecule has 0 aliphatic rings. The van der Waals surface area contributed by atoms with Crippen molar-refractivity contribution in [2.24, 2.45) is 0 Å². The van der Waals surface area contributed by atoms with Crippen molar-refractivity contribution in [1.82, 2.24) is 10.2 Å². The first-order valence-corrected chi connectivity index (χ1v) is 3.50. The van der Waals surface area contributed by atoms with Crippen molar-refractivity contribution in [3.05, 3.63) is 23.8 Å². The topological polar surface area (TPSA) is 71.8 Å². The summed E-state index contributed by atoms with van der Waals surface area (Å²) in [5.74, 6) is 0.425. The highest BCUT2D eigenvalue weighted by Crippen LogP contribution is 2.17. The molecule has 2 rings (SSSR count). The number of hydrogen-bond acceptors (Lipinski definition) is 3. The molecule has 3 N–H and O–H groups in total. The maximum Gasteiger partial charge on any atom is 0.153 e. The monoisotopic (exact) mass is 161 g/mol. The van der Waals surface area contributed by atoms with E-state index in [-0.39, 0.29) is 0 Å². The predicted molar refractivity (Wildman–Crippen MR) is 45.9 cm³/mol. The van der Waals surface area contributed by atoms with E-state index < -0.39 is 0 Å². The zero-order valence-corrected chi connectivity index (χ0v) is 6.24. The van der Waals surface area contributed by atoms with Crippen LogP contribution in [0, 0.1) is 0 Å². The molecule has 4 heteroatoms. The fourth-order valence-electron chi connectivity index (χ4n) is 1.13. The zero-order valence-electron chi connectivity index (χ0n) is 6.24. The Labute approximate surface area is 68.4 Å². The van der Waals surface area contributed by atoms with Crippen molar-refractivity contribution >= 4 is 23.0 Å². The molecule has 0 fully saturated rings. The molecule has 0 saturated heterocycles. The Morgan fingerprint density at radius 1 is 1.50 bits per heavy atom. The molecular weight excluding hydrogens is 154 g/mol. The van der Waals surface area contributed by atoms with Gasteiger partial charge in [-0.1, -0.05) is 0 Å². The summed E-state index contributed by atoms with van der Waals surface area (Å²) < 4.78 is 0. The number of hydrogen-bond donors (Lipinski definition) is 2. The van der Waals surface area contributed by atoms with E-state index in [1.54, 1.807) is 18.2 Å². The highest BCUT2D eigenvalue weighted by molar-refractivity contribution is 5.93. The molecule has 0 aliphatic heterocycles. The van der Waals surface area contributed by atoms with Gasteiger partial charge in [-0.3, -0.25) is 9.89 Å². The first kappa shape index (κ1) is 6.84. The van der Waals surface area contributed by atoms with Crippen molar-refractivity contribution in [2.75, 3.05) is 5.73 Å². The fourth-order valence-corrected chi connectivity index (χ4v) is 1.13. The molecule has 1 heterocycles. The zero-order chi connectivity index (χ0) is 8.55. The Balaban J connectivity index is 2.79. The lowest BCUT2D eigenvalue weighted by Crippen LogP contribution is -1.84. The Morgan fingerprint density at radius 2 is 2.33 bits per heavy atom. The lowest BCUT2D eigenvalue weighted by Gasteiger charge is -1.90.